The van der Waals surface area contributed by atoms with Gasteiger partial charge in [-0.05, 0) is 45.4 Å². The average Bonchev–Trinajstić information content (AvgIpc) is 2.92. The van der Waals surface area contributed by atoms with Crippen LogP contribution in [0, 0.1) is 5.41 Å². The second-order valence-electron chi connectivity index (χ2n) is 6.79. The van der Waals surface area contributed by atoms with Crippen molar-refractivity contribution in [3.05, 3.63) is 0 Å². The molecule has 1 fully saturated rings. The van der Waals surface area contributed by atoms with Gasteiger partial charge in [-0.2, -0.15) is 0 Å². The molecule has 0 saturated carbocycles. The summed E-state index contributed by atoms with van der Waals surface area (Å²) in [4.78, 5) is 5.15. The SMILES string of the molecule is CCN(CC)C1CCN(CCCCC(C)(C)C(N)=NO)C1. The van der Waals surface area contributed by atoms with Gasteiger partial charge < -0.3 is 15.8 Å². The normalized spacial score (nSPS) is 21.4. The number of amidine groups is 1. The van der Waals surface area contributed by atoms with E-state index in [1.807, 2.05) is 13.8 Å². The third-order valence-electron chi connectivity index (χ3n) is 4.90. The van der Waals surface area contributed by atoms with Gasteiger partial charge in [-0.3, -0.25) is 4.90 Å². The number of hydrogen-bond acceptors (Lipinski definition) is 4. The molecule has 1 rings (SSSR count). The first kappa shape index (κ1) is 18.2. The van der Waals surface area contributed by atoms with Crippen LogP contribution in [0.2, 0.25) is 0 Å². The van der Waals surface area contributed by atoms with Gasteiger partial charge in [-0.1, -0.05) is 39.3 Å². The van der Waals surface area contributed by atoms with Crippen molar-refractivity contribution >= 4 is 5.84 Å². The number of nitrogens with zero attached hydrogens (tertiary/aromatic N) is 3. The van der Waals surface area contributed by atoms with Crippen LogP contribution in [-0.4, -0.2) is 59.6 Å². The van der Waals surface area contributed by atoms with Crippen LogP contribution in [0.15, 0.2) is 5.16 Å². The van der Waals surface area contributed by atoms with Gasteiger partial charge in [-0.25, -0.2) is 0 Å². The number of unbranched alkanes of at least 4 members (excludes halogenated alkanes) is 1. The van der Waals surface area contributed by atoms with Crippen LogP contribution in [0.4, 0.5) is 0 Å². The standard InChI is InChI=1S/C16H34N4O/c1-5-20(6-2)14-9-12-19(13-14)11-8-7-10-16(3,4)15(17)18-21/h14,21H,5-13H2,1-4H3,(H2,17,18). The van der Waals surface area contributed by atoms with Crippen LogP contribution >= 0.6 is 0 Å². The molecule has 1 aliphatic heterocycles. The molecule has 3 N–H and O–H groups in total. The molecule has 0 aromatic carbocycles. The molecule has 1 saturated heterocycles. The number of likely N-dealkylation sites (N-methyl/N-ethyl adjacent to an activating group) is 1. The first-order valence-corrected chi connectivity index (χ1v) is 8.39. The van der Waals surface area contributed by atoms with E-state index in [0.717, 1.165) is 32.0 Å². The van der Waals surface area contributed by atoms with Crippen LogP contribution in [0.5, 0.6) is 0 Å². The summed E-state index contributed by atoms with van der Waals surface area (Å²) in [5.74, 6) is 0.338. The molecule has 5 nitrogen and oxygen atoms in total. The molecular weight excluding hydrogens is 264 g/mol. The van der Waals surface area contributed by atoms with Crippen LogP contribution in [-0.2, 0) is 0 Å². The fraction of sp³-hybridized carbons (Fsp3) is 0.938. The van der Waals surface area contributed by atoms with Crippen molar-refractivity contribution in [2.75, 3.05) is 32.7 Å². The summed E-state index contributed by atoms with van der Waals surface area (Å²) < 4.78 is 0. The summed E-state index contributed by atoms with van der Waals surface area (Å²) in [6.45, 7) is 14.5. The van der Waals surface area contributed by atoms with E-state index in [9.17, 15) is 0 Å². The van der Waals surface area contributed by atoms with Gasteiger partial charge >= 0.3 is 0 Å². The van der Waals surface area contributed by atoms with Gasteiger partial charge in [0.15, 0.2) is 0 Å². The predicted octanol–water partition coefficient (Wildman–Crippen LogP) is 2.35. The molecular formula is C16H34N4O. The number of oxime groups is 1. The first-order chi connectivity index (χ1) is 9.94. The molecule has 0 bridgehead atoms. The molecule has 1 aliphatic rings. The average molecular weight is 298 g/mol. The molecule has 0 spiro atoms. The van der Waals surface area contributed by atoms with Crippen LogP contribution in [0.3, 0.4) is 0 Å². The summed E-state index contributed by atoms with van der Waals surface area (Å²) in [6.07, 6.45) is 4.58. The summed E-state index contributed by atoms with van der Waals surface area (Å²) in [7, 11) is 0. The smallest absolute Gasteiger partial charge is 0.144 e. The van der Waals surface area contributed by atoms with Crippen molar-refractivity contribution in [1.82, 2.24) is 9.80 Å². The van der Waals surface area contributed by atoms with Gasteiger partial charge in [0.05, 0.1) is 0 Å². The highest BCUT2D eigenvalue weighted by Crippen LogP contribution is 2.24. The summed E-state index contributed by atoms with van der Waals surface area (Å²) in [5.41, 5.74) is 5.52. The van der Waals surface area contributed by atoms with E-state index in [-0.39, 0.29) is 5.41 Å². The number of rotatable bonds is 9. The molecule has 1 atom stereocenters. The Kier molecular flexibility index (Phi) is 7.46. The van der Waals surface area contributed by atoms with Crippen LogP contribution in [0.25, 0.3) is 0 Å². The minimum Gasteiger partial charge on any atom is -0.409 e. The summed E-state index contributed by atoms with van der Waals surface area (Å²) in [5, 5.41) is 11.9. The molecule has 0 aromatic rings. The van der Waals surface area contributed by atoms with Crippen molar-refractivity contribution in [2.24, 2.45) is 16.3 Å². The Morgan fingerprint density at radius 2 is 2.00 bits per heavy atom. The molecule has 0 amide bonds. The van der Waals surface area contributed by atoms with Gasteiger partial charge in [0.25, 0.3) is 0 Å². The lowest BCUT2D eigenvalue weighted by Gasteiger charge is -2.26. The monoisotopic (exact) mass is 298 g/mol. The maximum absolute atomic E-state index is 8.78. The van der Waals surface area contributed by atoms with E-state index in [1.165, 1.54) is 32.5 Å². The lowest BCUT2D eigenvalue weighted by molar-refractivity contribution is 0.209. The molecule has 1 unspecified atom stereocenters. The Balaban J connectivity index is 2.23. The predicted molar refractivity (Wildman–Crippen MR) is 88.8 cm³/mol. The zero-order valence-corrected chi connectivity index (χ0v) is 14.3. The molecule has 5 heteroatoms. The minimum absolute atomic E-state index is 0.205. The second-order valence-corrected chi connectivity index (χ2v) is 6.79. The number of hydrogen-bond donors (Lipinski definition) is 2. The third-order valence-corrected chi connectivity index (χ3v) is 4.90. The highest BCUT2D eigenvalue weighted by Gasteiger charge is 2.26. The zero-order valence-electron chi connectivity index (χ0n) is 14.3. The first-order valence-electron chi connectivity index (χ1n) is 8.39. The maximum Gasteiger partial charge on any atom is 0.144 e. The molecule has 1 heterocycles. The topological polar surface area (TPSA) is 65.1 Å². The van der Waals surface area contributed by atoms with E-state index in [1.54, 1.807) is 0 Å². The number of nitrogens with two attached hydrogens (primary N) is 1. The largest absolute Gasteiger partial charge is 0.409 e. The van der Waals surface area contributed by atoms with Crippen molar-refractivity contribution in [3.63, 3.8) is 0 Å². The van der Waals surface area contributed by atoms with Crippen LogP contribution in [0.1, 0.15) is 53.4 Å². The Morgan fingerprint density at radius 3 is 2.57 bits per heavy atom. The van der Waals surface area contributed by atoms with Crippen LogP contribution < -0.4 is 5.73 Å². The lowest BCUT2D eigenvalue weighted by atomic mass is 9.86. The van der Waals surface area contributed by atoms with Crippen molar-refractivity contribution in [3.8, 4) is 0 Å². The molecule has 21 heavy (non-hydrogen) atoms. The molecule has 0 aliphatic carbocycles. The van der Waals surface area contributed by atoms with Gasteiger partial charge in [0, 0.05) is 18.0 Å². The second kappa shape index (κ2) is 8.59. The fourth-order valence-corrected chi connectivity index (χ4v) is 3.22. The van der Waals surface area contributed by atoms with Gasteiger partial charge in [0.2, 0.25) is 0 Å². The van der Waals surface area contributed by atoms with E-state index >= 15 is 0 Å². The zero-order chi connectivity index (χ0) is 15.9. The van der Waals surface area contributed by atoms with E-state index < -0.39 is 0 Å². The summed E-state index contributed by atoms with van der Waals surface area (Å²) >= 11 is 0. The van der Waals surface area contributed by atoms with Crippen molar-refractivity contribution in [1.29, 1.82) is 0 Å². The Morgan fingerprint density at radius 1 is 1.33 bits per heavy atom. The van der Waals surface area contributed by atoms with E-state index in [4.69, 9.17) is 10.9 Å². The fourth-order valence-electron chi connectivity index (χ4n) is 3.22. The molecule has 124 valence electrons. The minimum atomic E-state index is -0.205. The molecule has 0 aromatic heterocycles. The number of likely N-dealkylation sites (tertiary alicyclic amines) is 1. The molecule has 0 radical (unpaired) electrons. The summed E-state index contributed by atoms with van der Waals surface area (Å²) in [6, 6.07) is 0.744. The van der Waals surface area contributed by atoms with Gasteiger partial charge in [0.1, 0.15) is 5.84 Å². The quantitative estimate of drug-likeness (QED) is 0.225. The maximum atomic E-state index is 8.78. The van der Waals surface area contributed by atoms with E-state index in [0.29, 0.717) is 5.84 Å². The highest BCUT2D eigenvalue weighted by atomic mass is 16.4. The third kappa shape index (κ3) is 5.47. The lowest BCUT2D eigenvalue weighted by Crippen LogP contribution is -2.37. The van der Waals surface area contributed by atoms with Crippen molar-refractivity contribution < 1.29 is 5.21 Å². The van der Waals surface area contributed by atoms with Gasteiger partial charge in [-0.15, -0.1) is 0 Å². The van der Waals surface area contributed by atoms with E-state index in [2.05, 4.69) is 28.8 Å². The van der Waals surface area contributed by atoms with Crippen molar-refractivity contribution in [2.45, 2.75) is 59.4 Å². The Hall–Kier alpha value is -0.810. The Bertz CT molecular complexity index is 326. The highest BCUT2D eigenvalue weighted by molar-refractivity contribution is 5.85. The Labute approximate surface area is 130 Å².